The van der Waals surface area contributed by atoms with Gasteiger partial charge < -0.3 is 15.2 Å². The van der Waals surface area contributed by atoms with E-state index in [-0.39, 0.29) is 20.4 Å². The van der Waals surface area contributed by atoms with Crippen LogP contribution < -0.4 is 5.73 Å². The number of methoxy groups -OCH3 is 1. The molecule has 9 heteroatoms. The van der Waals surface area contributed by atoms with Crippen molar-refractivity contribution in [3.05, 3.63) is 30.6 Å². The first kappa shape index (κ1) is 19.6. The molecule has 1 atom stereocenters. The van der Waals surface area contributed by atoms with Crippen molar-refractivity contribution in [2.45, 2.75) is 39.4 Å². The largest absolute Gasteiger partial charge is 0.467 e. The Kier molecular flexibility index (Phi) is 5.91. The summed E-state index contributed by atoms with van der Waals surface area (Å²) in [5, 5.41) is 11.2. The molecule has 0 radical (unpaired) electrons. The van der Waals surface area contributed by atoms with E-state index in [2.05, 4.69) is 4.74 Å². The Morgan fingerprint density at radius 2 is 1.96 bits per heavy atom. The quantitative estimate of drug-likeness (QED) is 0.254. The Bertz CT molecular complexity index is 658. The lowest BCUT2D eigenvalue weighted by Gasteiger charge is -2.27. The van der Waals surface area contributed by atoms with Crippen molar-refractivity contribution in [3.8, 4) is 0 Å². The molecule has 0 aromatic heterocycles. The van der Waals surface area contributed by atoms with Crippen molar-refractivity contribution < 1.29 is 23.6 Å². The fourth-order valence-electron chi connectivity index (χ4n) is 2.07. The predicted octanol–water partition coefficient (Wildman–Crippen LogP) is 3.26. The van der Waals surface area contributed by atoms with Crippen LogP contribution in [0.3, 0.4) is 0 Å². The number of hydrogen-bond donors (Lipinski definition) is 1. The number of ether oxygens (including phenoxy) is 2. The molecule has 1 aromatic carbocycles. The minimum atomic E-state index is -1.44. The number of benzene rings is 1. The maximum atomic E-state index is 14.7. The van der Waals surface area contributed by atoms with Crippen LogP contribution in [0.5, 0.6) is 0 Å². The second kappa shape index (κ2) is 6.95. The summed E-state index contributed by atoms with van der Waals surface area (Å²) in [6, 6.07) is 0. The lowest BCUT2D eigenvalue weighted by Crippen LogP contribution is -2.30. The summed E-state index contributed by atoms with van der Waals surface area (Å²) in [4.78, 5) is 22.6. The van der Waals surface area contributed by atoms with Crippen LogP contribution >= 0.6 is 22.6 Å². The van der Waals surface area contributed by atoms with E-state index in [1.165, 1.54) is 6.92 Å². The SMILES string of the molecule is COC(=O)C(OC(C)(C)C)c1c(C)c([N+](=O)[O-])c(N)c(I)c1F. The van der Waals surface area contributed by atoms with E-state index in [9.17, 15) is 19.3 Å². The van der Waals surface area contributed by atoms with Crippen LogP contribution in [-0.2, 0) is 14.3 Å². The molecule has 0 aliphatic carbocycles. The van der Waals surface area contributed by atoms with Gasteiger partial charge in [0.1, 0.15) is 11.5 Å². The van der Waals surface area contributed by atoms with Crippen LogP contribution in [-0.4, -0.2) is 23.6 Å². The van der Waals surface area contributed by atoms with Gasteiger partial charge in [-0.25, -0.2) is 9.18 Å². The summed E-state index contributed by atoms with van der Waals surface area (Å²) in [5.41, 5.74) is 3.80. The van der Waals surface area contributed by atoms with Crippen molar-refractivity contribution in [2.24, 2.45) is 0 Å². The number of anilines is 1. The van der Waals surface area contributed by atoms with Gasteiger partial charge in [-0.15, -0.1) is 0 Å². The van der Waals surface area contributed by atoms with Crippen molar-refractivity contribution in [2.75, 3.05) is 12.8 Å². The molecular formula is C14H18FIN2O5. The molecule has 0 aliphatic heterocycles. The molecule has 0 bridgehead atoms. The molecule has 0 amide bonds. The van der Waals surface area contributed by atoms with Crippen molar-refractivity contribution >= 4 is 39.9 Å². The fraction of sp³-hybridized carbons (Fsp3) is 0.500. The van der Waals surface area contributed by atoms with Crippen LogP contribution in [0, 0.1) is 26.4 Å². The van der Waals surface area contributed by atoms with Crippen LogP contribution in [0.4, 0.5) is 15.8 Å². The highest BCUT2D eigenvalue weighted by atomic mass is 127. The van der Waals surface area contributed by atoms with Gasteiger partial charge in [0.15, 0.2) is 6.10 Å². The second-order valence-corrected chi connectivity index (χ2v) is 6.90. The molecule has 1 aromatic rings. The van der Waals surface area contributed by atoms with Crippen molar-refractivity contribution in [1.82, 2.24) is 0 Å². The van der Waals surface area contributed by atoms with Crippen LogP contribution in [0.15, 0.2) is 0 Å². The smallest absolute Gasteiger partial charge is 0.339 e. The Morgan fingerprint density at radius 3 is 2.35 bits per heavy atom. The molecule has 7 nitrogen and oxygen atoms in total. The van der Waals surface area contributed by atoms with E-state index in [4.69, 9.17) is 10.5 Å². The van der Waals surface area contributed by atoms with Gasteiger partial charge >= 0.3 is 5.97 Å². The standard InChI is InChI=1S/C14H18FIN2O5/c1-6-7(12(13(19)22-5)23-14(2,3)4)8(15)9(16)10(17)11(6)18(20)21/h12H,17H2,1-5H3. The molecule has 0 aliphatic rings. The highest BCUT2D eigenvalue weighted by molar-refractivity contribution is 14.1. The highest BCUT2D eigenvalue weighted by Crippen LogP contribution is 2.40. The number of carbonyl (C=O) groups excluding carboxylic acids is 1. The number of hydrogen-bond acceptors (Lipinski definition) is 6. The number of nitrogens with two attached hydrogens (primary N) is 1. The minimum Gasteiger partial charge on any atom is -0.467 e. The summed E-state index contributed by atoms with van der Waals surface area (Å²) in [6.07, 6.45) is -1.44. The number of halogens is 2. The molecule has 1 unspecified atom stereocenters. The van der Waals surface area contributed by atoms with Crippen molar-refractivity contribution in [3.63, 3.8) is 0 Å². The third kappa shape index (κ3) is 4.08. The predicted molar refractivity (Wildman–Crippen MR) is 90.5 cm³/mol. The number of nitrogen functional groups attached to an aromatic ring is 1. The van der Waals surface area contributed by atoms with E-state index in [0.717, 1.165) is 7.11 Å². The lowest BCUT2D eigenvalue weighted by atomic mass is 9.98. The van der Waals surface area contributed by atoms with E-state index >= 15 is 0 Å². The zero-order chi connectivity index (χ0) is 18.1. The zero-order valence-electron chi connectivity index (χ0n) is 13.4. The highest BCUT2D eigenvalue weighted by Gasteiger charge is 2.37. The van der Waals surface area contributed by atoms with Gasteiger partial charge in [0, 0.05) is 11.1 Å². The number of nitro groups is 1. The molecule has 0 fully saturated rings. The third-order valence-electron chi connectivity index (χ3n) is 3.01. The number of nitro benzene ring substituents is 1. The fourth-order valence-corrected chi connectivity index (χ4v) is 2.61. The summed E-state index contributed by atoms with van der Waals surface area (Å²) in [6.45, 7) is 6.34. The van der Waals surface area contributed by atoms with Gasteiger partial charge in [-0.2, -0.15) is 0 Å². The molecule has 128 valence electrons. The summed E-state index contributed by atoms with van der Waals surface area (Å²) >= 11 is 1.56. The average Bonchev–Trinajstić information content (AvgIpc) is 2.41. The number of rotatable bonds is 4. The van der Waals surface area contributed by atoms with Gasteiger partial charge in [0.05, 0.1) is 21.2 Å². The second-order valence-electron chi connectivity index (χ2n) is 5.82. The van der Waals surface area contributed by atoms with Gasteiger partial charge in [-0.05, 0) is 50.3 Å². The average molecular weight is 440 g/mol. The van der Waals surface area contributed by atoms with Gasteiger partial charge in [-0.1, -0.05) is 0 Å². The molecule has 23 heavy (non-hydrogen) atoms. The minimum absolute atomic E-state index is 0.0648. The van der Waals surface area contributed by atoms with Crippen LogP contribution in [0.25, 0.3) is 0 Å². The normalized spacial score (nSPS) is 12.8. The number of carbonyl (C=O) groups is 1. The third-order valence-corrected chi connectivity index (χ3v) is 4.07. The van der Waals surface area contributed by atoms with E-state index in [1.807, 2.05) is 0 Å². The first-order valence-corrected chi connectivity index (χ1v) is 7.67. The molecule has 0 saturated carbocycles. The first-order chi connectivity index (χ1) is 10.4. The molecule has 0 spiro atoms. The first-order valence-electron chi connectivity index (χ1n) is 6.59. The maximum absolute atomic E-state index is 14.7. The summed E-state index contributed by atoms with van der Waals surface area (Å²) < 4.78 is 24.8. The zero-order valence-corrected chi connectivity index (χ0v) is 15.6. The summed E-state index contributed by atoms with van der Waals surface area (Å²) in [7, 11) is 1.13. The van der Waals surface area contributed by atoms with E-state index in [0.29, 0.717) is 0 Å². The van der Waals surface area contributed by atoms with E-state index < -0.39 is 34.1 Å². The Morgan fingerprint density at radius 1 is 1.43 bits per heavy atom. The molecular weight excluding hydrogens is 422 g/mol. The van der Waals surface area contributed by atoms with Gasteiger partial charge in [0.2, 0.25) is 0 Å². The summed E-state index contributed by atoms with van der Waals surface area (Å²) in [5.74, 6) is -1.68. The molecule has 0 heterocycles. The molecule has 1 rings (SSSR count). The molecule has 2 N–H and O–H groups in total. The van der Waals surface area contributed by atoms with Crippen molar-refractivity contribution in [1.29, 1.82) is 0 Å². The molecule has 0 saturated heterocycles. The van der Waals surface area contributed by atoms with Crippen LogP contribution in [0.2, 0.25) is 0 Å². The lowest BCUT2D eigenvalue weighted by molar-refractivity contribution is -0.384. The Labute approximate surface area is 146 Å². The van der Waals surface area contributed by atoms with E-state index in [1.54, 1.807) is 43.4 Å². The van der Waals surface area contributed by atoms with Gasteiger partial charge in [-0.3, -0.25) is 10.1 Å². The Balaban J connectivity index is 3.72. The van der Waals surface area contributed by atoms with Crippen LogP contribution in [0.1, 0.15) is 38.0 Å². The van der Waals surface area contributed by atoms with Gasteiger partial charge in [0.25, 0.3) is 5.69 Å². The number of nitrogens with zero attached hydrogens (tertiary/aromatic N) is 1. The monoisotopic (exact) mass is 440 g/mol. The maximum Gasteiger partial charge on any atom is 0.339 e. The Hall–Kier alpha value is -1.49. The number of esters is 1. The topological polar surface area (TPSA) is 105 Å².